The summed E-state index contributed by atoms with van der Waals surface area (Å²) in [4.78, 5) is 25.0. The topological polar surface area (TPSA) is 103 Å². The van der Waals surface area contributed by atoms with E-state index in [9.17, 15) is 9.59 Å². The zero-order chi connectivity index (χ0) is 21.9. The minimum atomic E-state index is -0.431. The van der Waals surface area contributed by atoms with Gasteiger partial charge >= 0.3 is 11.9 Å². The Morgan fingerprint density at radius 3 is 2.30 bits per heavy atom. The number of hydrogen-bond acceptors (Lipinski definition) is 8. The second kappa shape index (κ2) is 12.1. The van der Waals surface area contributed by atoms with Gasteiger partial charge in [0.05, 0.1) is 59.4 Å². The third-order valence-electron chi connectivity index (χ3n) is 4.65. The average molecular weight is 419 g/mol. The summed E-state index contributed by atoms with van der Waals surface area (Å²) < 4.78 is 16.8. The molecule has 0 aliphatic rings. The molecule has 1 aromatic carbocycles. The summed E-state index contributed by atoms with van der Waals surface area (Å²) in [6, 6.07) is 9.77. The van der Waals surface area contributed by atoms with E-state index in [2.05, 4.69) is 0 Å². The van der Waals surface area contributed by atoms with Gasteiger partial charge in [-0.05, 0) is 6.92 Å². The predicted molar refractivity (Wildman–Crippen MR) is 110 cm³/mol. The van der Waals surface area contributed by atoms with Crippen LogP contribution in [0.4, 0.5) is 0 Å². The van der Waals surface area contributed by atoms with Gasteiger partial charge in [0.25, 0.3) is 0 Å². The number of rotatable bonds is 12. The van der Waals surface area contributed by atoms with Crippen LogP contribution in [0.2, 0.25) is 0 Å². The van der Waals surface area contributed by atoms with Gasteiger partial charge in [-0.25, -0.2) is 0 Å². The molecule has 0 bridgehead atoms. The maximum absolute atomic E-state index is 11.7. The standard InChI is InChI=1S/C21H29N3O6/c1-16-18(15-30-12-11-25)21(17-7-5-4-6-8-17)22-24(16)10-9-23(13-19(26)28-2)14-20(27)29-3/h4-8,25H,9-15H2,1-3H3. The van der Waals surface area contributed by atoms with E-state index >= 15 is 0 Å². The van der Waals surface area contributed by atoms with Crippen molar-refractivity contribution in [3.8, 4) is 11.3 Å². The predicted octanol–water partition coefficient (Wildman–Crippen LogP) is 1.02. The summed E-state index contributed by atoms with van der Waals surface area (Å²) in [6.45, 7) is 3.27. The van der Waals surface area contributed by atoms with Crippen molar-refractivity contribution in [2.24, 2.45) is 0 Å². The van der Waals surface area contributed by atoms with Crippen LogP contribution < -0.4 is 0 Å². The molecule has 1 heterocycles. The van der Waals surface area contributed by atoms with Gasteiger partial charge in [-0.1, -0.05) is 30.3 Å². The van der Waals surface area contributed by atoms with Gasteiger partial charge in [0.2, 0.25) is 0 Å². The van der Waals surface area contributed by atoms with Gasteiger partial charge < -0.3 is 19.3 Å². The summed E-state index contributed by atoms with van der Waals surface area (Å²) in [5.41, 5.74) is 3.62. The molecule has 0 unspecified atom stereocenters. The fourth-order valence-corrected chi connectivity index (χ4v) is 2.98. The largest absolute Gasteiger partial charge is 0.468 e. The molecule has 1 aromatic heterocycles. The van der Waals surface area contributed by atoms with Crippen molar-refractivity contribution in [1.82, 2.24) is 14.7 Å². The zero-order valence-electron chi connectivity index (χ0n) is 17.7. The Balaban J connectivity index is 2.22. The van der Waals surface area contributed by atoms with Gasteiger partial charge in [-0.3, -0.25) is 19.2 Å². The van der Waals surface area contributed by atoms with Crippen molar-refractivity contribution >= 4 is 11.9 Å². The molecular weight excluding hydrogens is 390 g/mol. The molecule has 9 nitrogen and oxygen atoms in total. The van der Waals surface area contributed by atoms with E-state index in [1.807, 2.05) is 41.9 Å². The third-order valence-corrected chi connectivity index (χ3v) is 4.65. The number of aromatic nitrogens is 2. The summed E-state index contributed by atoms with van der Waals surface area (Å²) in [5, 5.41) is 13.8. The number of benzene rings is 1. The maximum atomic E-state index is 11.7. The summed E-state index contributed by atoms with van der Waals surface area (Å²) >= 11 is 0. The number of hydrogen-bond donors (Lipinski definition) is 1. The number of methoxy groups -OCH3 is 2. The number of ether oxygens (including phenoxy) is 3. The molecule has 0 atom stereocenters. The fourth-order valence-electron chi connectivity index (χ4n) is 2.98. The number of carbonyl (C=O) groups excluding carboxylic acids is 2. The smallest absolute Gasteiger partial charge is 0.319 e. The van der Waals surface area contributed by atoms with Crippen LogP contribution in [0.3, 0.4) is 0 Å². The number of aliphatic hydroxyl groups excluding tert-OH is 1. The van der Waals surface area contributed by atoms with Gasteiger partial charge in [0.1, 0.15) is 0 Å². The number of carbonyl (C=O) groups is 2. The first-order chi connectivity index (χ1) is 14.5. The van der Waals surface area contributed by atoms with Crippen LogP contribution in [0.15, 0.2) is 30.3 Å². The second-order valence-electron chi connectivity index (χ2n) is 6.64. The van der Waals surface area contributed by atoms with Crippen LogP contribution in [0.5, 0.6) is 0 Å². The van der Waals surface area contributed by atoms with E-state index < -0.39 is 11.9 Å². The maximum Gasteiger partial charge on any atom is 0.319 e. The molecule has 0 aliphatic carbocycles. The van der Waals surface area contributed by atoms with Crippen LogP contribution in [0.25, 0.3) is 11.3 Å². The monoisotopic (exact) mass is 419 g/mol. The van der Waals surface area contributed by atoms with Crippen molar-refractivity contribution in [3.05, 3.63) is 41.6 Å². The minimum Gasteiger partial charge on any atom is -0.468 e. The Hall–Kier alpha value is -2.75. The molecule has 0 saturated heterocycles. The lowest BCUT2D eigenvalue weighted by Crippen LogP contribution is -2.37. The average Bonchev–Trinajstić information content (AvgIpc) is 3.08. The normalized spacial score (nSPS) is 11.0. The highest BCUT2D eigenvalue weighted by Crippen LogP contribution is 2.26. The molecule has 0 radical (unpaired) electrons. The van der Waals surface area contributed by atoms with Crippen molar-refractivity contribution < 1.29 is 28.9 Å². The Kier molecular flexibility index (Phi) is 9.46. The number of esters is 2. The highest BCUT2D eigenvalue weighted by atomic mass is 16.5. The lowest BCUT2D eigenvalue weighted by Gasteiger charge is -2.20. The van der Waals surface area contributed by atoms with Crippen molar-refractivity contribution in [2.45, 2.75) is 20.1 Å². The van der Waals surface area contributed by atoms with Crippen molar-refractivity contribution in [1.29, 1.82) is 0 Å². The Morgan fingerprint density at radius 2 is 1.73 bits per heavy atom. The van der Waals surface area contributed by atoms with Gasteiger partial charge in [-0.15, -0.1) is 0 Å². The third kappa shape index (κ3) is 6.65. The first-order valence-corrected chi connectivity index (χ1v) is 9.66. The Labute approximate surface area is 176 Å². The van der Waals surface area contributed by atoms with Crippen molar-refractivity contribution in [3.63, 3.8) is 0 Å². The number of nitrogens with zero attached hydrogens (tertiary/aromatic N) is 3. The molecule has 0 spiro atoms. The molecule has 0 aliphatic heterocycles. The lowest BCUT2D eigenvalue weighted by molar-refractivity contribution is -0.145. The van der Waals surface area contributed by atoms with E-state index in [0.29, 0.717) is 19.7 Å². The van der Waals surface area contributed by atoms with Gasteiger partial charge in [0.15, 0.2) is 0 Å². The molecule has 2 aromatic rings. The fraction of sp³-hybridized carbons (Fsp3) is 0.476. The quantitative estimate of drug-likeness (QED) is 0.402. The van der Waals surface area contributed by atoms with Gasteiger partial charge in [-0.2, -0.15) is 5.10 Å². The first kappa shape index (κ1) is 23.5. The second-order valence-corrected chi connectivity index (χ2v) is 6.64. The van der Waals surface area contributed by atoms with Crippen molar-refractivity contribution in [2.75, 3.05) is 47.1 Å². The van der Waals surface area contributed by atoms with E-state index in [-0.39, 0.29) is 26.3 Å². The highest BCUT2D eigenvalue weighted by molar-refractivity contribution is 5.74. The zero-order valence-corrected chi connectivity index (χ0v) is 17.7. The molecular formula is C21H29N3O6. The molecule has 2 rings (SSSR count). The molecule has 164 valence electrons. The molecule has 0 saturated carbocycles. The molecule has 30 heavy (non-hydrogen) atoms. The van der Waals surface area contributed by atoms with Crippen LogP contribution in [0, 0.1) is 6.92 Å². The molecule has 9 heteroatoms. The van der Waals surface area contributed by atoms with Crippen LogP contribution in [0.1, 0.15) is 11.3 Å². The van der Waals surface area contributed by atoms with E-state index in [1.165, 1.54) is 14.2 Å². The Morgan fingerprint density at radius 1 is 1.10 bits per heavy atom. The minimum absolute atomic E-state index is 0.0239. The lowest BCUT2D eigenvalue weighted by atomic mass is 10.1. The van der Waals surface area contributed by atoms with Gasteiger partial charge in [0, 0.05) is 23.4 Å². The summed E-state index contributed by atoms with van der Waals surface area (Å²) in [7, 11) is 2.61. The van der Waals surface area contributed by atoms with Crippen LogP contribution >= 0.6 is 0 Å². The molecule has 1 N–H and O–H groups in total. The Bertz CT molecular complexity index is 804. The van der Waals surface area contributed by atoms with Crippen LogP contribution in [-0.2, 0) is 37.0 Å². The van der Waals surface area contributed by atoms with E-state index in [4.69, 9.17) is 24.4 Å². The summed E-state index contributed by atoms with van der Waals surface area (Å²) in [6.07, 6.45) is 0. The molecule has 0 amide bonds. The number of aliphatic hydroxyl groups is 1. The highest BCUT2D eigenvalue weighted by Gasteiger charge is 2.19. The SMILES string of the molecule is COC(=O)CN(CCn1nc(-c2ccccc2)c(COCCO)c1C)CC(=O)OC. The van der Waals surface area contributed by atoms with E-state index in [1.54, 1.807) is 4.90 Å². The first-order valence-electron chi connectivity index (χ1n) is 9.66. The molecule has 0 fully saturated rings. The van der Waals surface area contributed by atoms with Crippen LogP contribution in [-0.4, -0.2) is 78.8 Å². The summed E-state index contributed by atoms with van der Waals surface area (Å²) in [5.74, 6) is -0.863. The van der Waals surface area contributed by atoms with E-state index in [0.717, 1.165) is 22.5 Å².